The van der Waals surface area contributed by atoms with Crippen molar-refractivity contribution in [3.8, 4) is 11.1 Å². The monoisotopic (exact) mass is 425 g/mol. The van der Waals surface area contributed by atoms with Crippen LogP contribution in [-0.2, 0) is 0 Å². The molecule has 0 aliphatic rings. The summed E-state index contributed by atoms with van der Waals surface area (Å²) in [5, 5.41) is 4.86. The first-order chi connectivity index (χ1) is 14.0. The highest BCUT2D eigenvalue weighted by atomic mass is 19.4. The number of halogens is 5. The third-order valence-electron chi connectivity index (χ3n) is 4.48. The van der Waals surface area contributed by atoms with Gasteiger partial charge in [0.25, 0.3) is 11.8 Å². The molecule has 0 saturated heterocycles. The highest BCUT2D eigenvalue weighted by Crippen LogP contribution is 2.34. The van der Waals surface area contributed by atoms with E-state index >= 15 is 0 Å². The number of aromatic nitrogens is 1. The number of carbonyl (C=O) groups is 2. The molecule has 0 bridgehead atoms. The van der Waals surface area contributed by atoms with Crippen LogP contribution < -0.4 is 10.6 Å². The number of benzene rings is 2. The number of amides is 2. The minimum absolute atomic E-state index is 0.0657. The van der Waals surface area contributed by atoms with Crippen molar-refractivity contribution in [1.82, 2.24) is 15.6 Å². The fourth-order valence-electron chi connectivity index (χ4n) is 2.86. The second kappa shape index (κ2) is 7.77. The van der Waals surface area contributed by atoms with Crippen molar-refractivity contribution in [2.75, 3.05) is 13.6 Å². The van der Waals surface area contributed by atoms with Crippen LogP contribution in [0.4, 0.5) is 22.0 Å². The zero-order valence-corrected chi connectivity index (χ0v) is 15.5. The molecule has 0 unspecified atom stereocenters. The zero-order chi connectivity index (χ0) is 22.1. The van der Waals surface area contributed by atoms with E-state index in [1.54, 1.807) is 29.6 Å². The quantitative estimate of drug-likeness (QED) is 0.538. The Hall–Kier alpha value is -3.43. The van der Waals surface area contributed by atoms with E-state index in [2.05, 4.69) is 10.3 Å². The fourth-order valence-corrected chi connectivity index (χ4v) is 2.86. The minimum atomic E-state index is -5.74. The number of hydrogen-bond donors (Lipinski definition) is 3. The van der Waals surface area contributed by atoms with Crippen LogP contribution in [0.3, 0.4) is 0 Å². The summed E-state index contributed by atoms with van der Waals surface area (Å²) in [6.45, 7) is -1.85. The Kier molecular flexibility index (Phi) is 5.51. The molecule has 0 saturated carbocycles. The van der Waals surface area contributed by atoms with Gasteiger partial charge < -0.3 is 15.6 Å². The largest absolute Gasteiger partial charge is 0.455 e. The smallest absolute Gasteiger partial charge is 0.354 e. The SMILES string of the molecule is CNC(=O)c1cc2c(-c3ccc(C(=O)NCC(F)(F)C(F)(F)F)cc3)cccc2[nH]1. The van der Waals surface area contributed by atoms with Gasteiger partial charge in [0.1, 0.15) is 5.69 Å². The normalized spacial score (nSPS) is 12.1. The lowest BCUT2D eigenvalue weighted by Crippen LogP contribution is -2.46. The summed E-state index contributed by atoms with van der Waals surface area (Å²) < 4.78 is 62.5. The van der Waals surface area contributed by atoms with Gasteiger partial charge in [-0.25, -0.2) is 0 Å². The molecule has 1 heterocycles. The number of fused-ring (bicyclic) bond motifs is 1. The van der Waals surface area contributed by atoms with E-state index in [9.17, 15) is 31.5 Å². The molecule has 5 nitrogen and oxygen atoms in total. The van der Waals surface area contributed by atoms with Crippen LogP contribution in [-0.4, -0.2) is 42.5 Å². The number of aromatic amines is 1. The topological polar surface area (TPSA) is 74.0 Å². The maximum absolute atomic E-state index is 13.0. The van der Waals surface area contributed by atoms with Crippen molar-refractivity contribution in [1.29, 1.82) is 0 Å². The Morgan fingerprint density at radius 1 is 0.967 bits per heavy atom. The van der Waals surface area contributed by atoms with Crippen molar-refractivity contribution < 1.29 is 31.5 Å². The Morgan fingerprint density at radius 2 is 1.63 bits per heavy atom. The highest BCUT2D eigenvalue weighted by molar-refractivity contribution is 6.03. The molecular weight excluding hydrogens is 409 g/mol. The first kappa shape index (κ1) is 21.3. The van der Waals surface area contributed by atoms with Crippen LogP contribution >= 0.6 is 0 Å². The van der Waals surface area contributed by atoms with Gasteiger partial charge in [0, 0.05) is 23.5 Å². The highest BCUT2D eigenvalue weighted by Gasteiger charge is 2.57. The number of alkyl halides is 5. The van der Waals surface area contributed by atoms with Crippen molar-refractivity contribution in [2.45, 2.75) is 12.1 Å². The zero-order valence-electron chi connectivity index (χ0n) is 15.5. The molecule has 3 aromatic rings. The van der Waals surface area contributed by atoms with E-state index in [1.807, 2.05) is 0 Å². The first-order valence-corrected chi connectivity index (χ1v) is 8.70. The summed E-state index contributed by atoms with van der Waals surface area (Å²) in [7, 11) is 1.50. The maximum atomic E-state index is 13.0. The van der Waals surface area contributed by atoms with Crippen LogP contribution in [0.25, 0.3) is 22.0 Å². The van der Waals surface area contributed by atoms with Gasteiger partial charge in [0.2, 0.25) is 0 Å². The molecule has 3 rings (SSSR count). The maximum Gasteiger partial charge on any atom is 0.455 e. The van der Waals surface area contributed by atoms with Crippen LogP contribution in [0.5, 0.6) is 0 Å². The van der Waals surface area contributed by atoms with Gasteiger partial charge in [-0.2, -0.15) is 22.0 Å². The molecule has 30 heavy (non-hydrogen) atoms. The first-order valence-electron chi connectivity index (χ1n) is 8.70. The molecule has 3 N–H and O–H groups in total. The third kappa shape index (κ3) is 4.12. The van der Waals surface area contributed by atoms with Gasteiger partial charge in [-0.1, -0.05) is 24.3 Å². The van der Waals surface area contributed by atoms with Gasteiger partial charge in [0.05, 0.1) is 6.54 Å². The predicted molar refractivity (Wildman–Crippen MR) is 100 cm³/mol. The van der Waals surface area contributed by atoms with E-state index in [0.717, 1.165) is 10.9 Å². The summed E-state index contributed by atoms with van der Waals surface area (Å²) in [4.78, 5) is 26.8. The van der Waals surface area contributed by atoms with Gasteiger partial charge in [0.15, 0.2) is 0 Å². The number of carbonyl (C=O) groups excluding carboxylic acids is 2. The average molecular weight is 425 g/mol. The molecule has 0 atom stereocenters. The standard InChI is InChI=1S/C20H16F5N3O2/c1-26-18(30)16-9-14-13(3-2-4-15(14)28-16)11-5-7-12(8-6-11)17(29)27-10-19(21,22)20(23,24)25/h2-9,28H,10H2,1H3,(H,26,30)(H,27,29). The Labute approximate surface area is 167 Å². The second-order valence-corrected chi connectivity index (χ2v) is 6.49. The van der Waals surface area contributed by atoms with Crippen LogP contribution in [0.1, 0.15) is 20.8 Å². The number of nitrogens with one attached hydrogen (secondary N) is 3. The lowest BCUT2D eigenvalue weighted by atomic mass is 10.00. The lowest BCUT2D eigenvalue weighted by Gasteiger charge is -2.19. The molecule has 0 fully saturated rings. The van der Waals surface area contributed by atoms with E-state index in [0.29, 0.717) is 16.8 Å². The van der Waals surface area contributed by atoms with Crippen molar-refractivity contribution in [2.24, 2.45) is 0 Å². The molecule has 2 aromatic carbocycles. The lowest BCUT2D eigenvalue weighted by molar-refractivity contribution is -0.278. The molecule has 1 aromatic heterocycles. The van der Waals surface area contributed by atoms with Gasteiger partial charge in [-0.3, -0.25) is 9.59 Å². The predicted octanol–water partition coefficient (Wildman–Crippen LogP) is 4.12. The molecule has 158 valence electrons. The fraction of sp³-hybridized carbons (Fsp3) is 0.200. The van der Waals surface area contributed by atoms with Gasteiger partial charge >= 0.3 is 12.1 Å². The Bertz CT molecular complexity index is 1090. The van der Waals surface area contributed by atoms with Crippen molar-refractivity contribution in [3.63, 3.8) is 0 Å². The van der Waals surface area contributed by atoms with Crippen LogP contribution in [0.15, 0.2) is 48.5 Å². The second-order valence-electron chi connectivity index (χ2n) is 6.49. The summed E-state index contributed by atoms with van der Waals surface area (Å²) in [6, 6.07) is 12.7. The number of hydrogen-bond acceptors (Lipinski definition) is 2. The molecule has 2 amide bonds. The van der Waals surface area contributed by atoms with Gasteiger partial charge in [-0.05, 0) is 35.4 Å². The Balaban J connectivity index is 1.81. The molecule has 0 spiro atoms. The van der Waals surface area contributed by atoms with Crippen molar-refractivity contribution >= 4 is 22.7 Å². The summed E-state index contributed by atoms with van der Waals surface area (Å²) in [6.07, 6.45) is -5.74. The molecule has 0 aliphatic carbocycles. The third-order valence-corrected chi connectivity index (χ3v) is 4.48. The van der Waals surface area contributed by atoms with E-state index in [4.69, 9.17) is 0 Å². The summed E-state index contributed by atoms with van der Waals surface area (Å²) in [5.74, 6) is -6.36. The van der Waals surface area contributed by atoms with E-state index in [1.165, 1.54) is 31.3 Å². The average Bonchev–Trinajstić information content (AvgIpc) is 3.15. The summed E-state index contributed by atoms with van der Waals surface area (Å²) >= 11 is 0. The number of H-pyrrole nitrogens is 1. The van der Waals surface area contributed by atoms with E-state index in [-0.39, 0.29) is 11.5 Å². The molecule has 10 heteroatoms. The Morgan fingerprint density at radius 3 is 2.23 bits per heavy atom. The molecule has 0 aliphatic heterocycles. The van der Waals surface area contributed by atoms with E-state index < -0.39 is 24.6 Å². The number of rotatable bonds is 5. The minimum Gasteiger partial charge on any atom is -0.354 e. The van der Waals surface area contributed by atoms with Crippen LogP contribution in [0, 0.1) is 0 Å². The molecule has 0 radical (unpaired) electrons. The molecular formula is C20H16F5N3O2. The summed E-state index contributed by atoms with van der Waals surface area (Å²) in [5.41, 5.74) is 2.42. The van der Waals surface area contributed by atoms with Crippen molar-refractivity contribution in [3.05, 3.63) is 59.8 Å². The van der Waals surface area contributed by atoms with Gasteiger partial charge in [-0.15, -0.1) is 0 Å². The van der Waals surface area contributed by atoms with Crippen LogP contribution in [0.2, 0.25) is 0 Å².